The van der Waals surface area contributed by atoms with Gasteiger partial charge in [-0.1, -0.05) is 133 Å². The normalized spacial score (nSPS) is 13.1. The number of benzene rings is 8. The Kier molecular flexibility index (Phi) is 6.30. The van der Waals surface area contributed by atoms with Crippen molar-refractivity contribution in [2.24, 2.45) is 0 Å². The Morgan fingerprint density at radius 2 is 1.14 bits per heavy atom. The van der Waals surface area contributed by atoms with Gasteiger partial charge in [-0.15, -0.1) is 11.3 Å². The molecule has 1 aliphatic rings. The summed E-state index contributed by atoms with van der Waals surface area (Å²) >= 11 is 1.78. The van der Waals surface area contributed by atoms with Gasteiger partial charge in [-0.25, -0.2) is 4.98 Å². The number of fused-ring (bicyclic) bond motifs is 8. The molecule has 0 radical (unpaired) electrons. The summed E-state index contributed by atoms with van der Waals surface area (Å²) in [6, 6.07) is 63.7. The first-order chi connectivity index (χ1) is 24.3. The molecule has 230 valence electrons. The lowest BCUT2D eigenvalue weighted by atomic mass is 9.67. The Morgan fingerprint density at radius 3 is 1.94 bits per heavy atom. The molecule has 0 unspecified atom stereocenters. The SMILES string of the molecule is c1ccc(C2(c3cccc(Nc4ccc(-c5nc6ccc7ccc8ccccc8c7c6s5)cc4)c3)c3ccccc3-c3ccccc32)cc1. The molecule has 0 fully saturated rings. The zero-order valence-electron chi connectivity index (χ0n) is 26.6. The molecule has 0 aliphatic heterocycles. The molecular weight excluding hydrogens is 613 g/mol. The highest BCUT2D eigenvalue weighted by Gasteiger charge is 2.45. The van der Waals surface area contributed by atoms with Crippen molar-refractivity contribution in [2.75, 3.05) is 5.32 Å². The van der Waals surface area contributed by atoms with Crippen molar-refractivity contribution in [1.82, 2.24) is 4.98 Å². The maximum atomic E-state index is 5.08. The summed E-state index contributed by atoms with van der Waals surface area (Å²) < 4.78 is 1.24. The maximum Gasteiger partial charge on any atom is 0.124 e. The minimum absolute atomic E-state index is 0.418. The second-order valence-electron chi connectivity index (χ2n) is 12.8. The summed E-state index contributed by atoms with van der Waals surface area (Å²) in [5, 5.41) is 9.83. The quantitative estimate of drug-likeness (QED) is 0.189. The van der Waals surface area contributed by atoms with E-state index in [1.54, 1.807) is 11.3 Å². The molecule has 2 nitrogen and oxygen atoms in total. The first-order valence-electron chi connectivity index (χ1n) is 16.7. The van der Waals surface area contributed by atoms with Crippen molar-refractivity contribution in [2.45, 2.75) is 5.41 Å². The molecule has 49 heavy (non-hydrogen) atoms. The Balaban J connectivity index is 1.02. The maximum absolute atomic E-state index is 5.08. The monoisotopic (exact) mass is 642 g/mol. The molecular formula is C46H30N2S. The number of nitrogens with zero attached hydrogens (tertiary/aromatic N) is 1. The Hall–Kier alpha value is -6.03. The number of thiazole rings is 1. The van der Waals surface area contributed by atoms with E-state index in [1.807, 2.05) is 0 Å². The minimum Gasteiger partial charge on any atom is -0.356 e. The molecule has 10 rings (SSSR count). The highest BCUT2D eigenvalue weighted by atomic mass is 32.1. The Bertz CT molecular complexity index is 2640. The minimum atomic E-state index is -0.418. The van der Waals surface area contributed by atoms with E-state index in [-0.39, 0.29) is 0 Å². The molecule has 0 saturated carbocycles. The molecule has 1 aromatic heterocycles. The second kappa shape index (κ2) is 11.0. The smallest absolute Gasteiger partial charge is 0.124 e. The van der Waals surface area contributed by atoms with E-state index in [9.17, 15) is 0 Å². The van der Waals surface area contributed by atoms with Crippen LogP contribution in [-0.2, 0) is 5.41 Å². The van der Waals surface area contributed by atoms with Crippen LogP contribution < -0.4 is 5.32 Å². The van der Waals surface area contributed by atoms with Gasteiger partial charge in [-0.2, -0.15) is 0 Å². The molecule has 0 saturated heterocycles. The number of nitrogens with one attached hydrogen (secondary N) is 1. The summed E-state index contributed by atoms with van der Waals surface area (Å²) in [6.45, 7) is 0. The van der Waals surface area contributed by atoms with Crippen molar-refractivity contribution in [1.29, 1.82) is 0 Å². The molecule has 8 aromatic carbocycles. The Labute approximate surface area is 289 Å². The van der Waals surface area contributed by atoms with Crippen molar-refractivity contribution >= 4 is 54.5 Å². The van der Waals surface area contributed by atoms with Gasteiger partial charge in [-0.3, -0.25) is 0 Å². The topological polar surface area (TPSA) is 24.9 Å². The van der Waals surface area contributed by atoms with Crippen LogP contribution in [0.1, 0.15) is 22.3 Å². The first kappa shape index (κ1) is 28.0. The lowest BCUT2D eigenvalue weighted by molar-refractivity contribution is 0.769. The van der Waals surface area contributed by atoms with E-state index >= 15 is 0 Å². The fourth-order valence-corrected chi connectivity index (χ4v) is 9.14. The number of rotatable bonds is 5. The molecule has 9 aromatic rings. The first-order valence-corrected chi connectivity index (χ1v) is 17.5. The highest BCUT2D eigenvalue weighted by Crippen LogP contribution is 2.56. The molecule has 0 bridgehead atoms. The zero-order chi connectivity index (χ0) is 32.4. The lowest BCUT2D eigenvalue weighted by Crippen LogP contribution is -2.28. The summed E-state index contributed by atoms with van der Waals surface area (Å²) in [5.74, 6) is 0. The van der Waals surface area contributed by atoms with Crippen LogP contribution in [0.25, 0.3) is 53.5 Å². The van der Waals surface area contributed by atoms with Gasteiger partial charge in [0.1, 0.15) is 5.01 Å². The van der Waals surface area contributed by atoms with Gasteiger partial charge < -0.3 is 5.32 Å². The summed E-state index contributed by atoms with van der Waals surface area (Å²) in [4.78, 5) is 5.08. The van der Waals surface area contributed by atoms with Crippen molar-refractivity contribution in [3.63, 3.8) is 0 Å². The van der Waals surface area contributed by atoms with Crippen molar-refractivity contribution in [3.8, 4) is 21.7 Å². The Morgan fingerprint density at radius 1 is 0.490 bits per heavy atom. The standard InChI is InChI=1S/C46H30N2S/c1-2-12-33(13-3-1)46(40-19-8-6-17-38(40)39-18-7-9-20-41(39)46)34-14-10-15-36(29-34)47-35-26-23-32(24-27-35)45-48-42-28-25-31-22-21-30-11-4-5-16-37(30)43(31)44(42)49-45/h1-29,47H. The van der Waals surface area contributed by atoms with E-state index < -0.39 is 5.41 Å². The molecule has 3 heteroatoms. The van der Waals surface area contributed by atoms with Crippen molar-refractivity contribution < 1.29 is 0 Å². The van der Waals surface area contributed by atoms with Crippen LogP contribution >= 0.6 is 11.3 Å². The number of hydrogen-bond donors (Lipinski definition) is 1. The third kappa shape index (κ3) is 4.29. The van der Waals surface area contributed by atoms with Gasteiger partial charge in [0.05, 0.1) is 15.6 Å². The van der Waals surface area contributed by atoms with Crippen molar-refractivity contribution in [3.05, 3.63) is 198 Å². The van der Waals surface area contributed by atoms with Crippen LogP contribution in [0.15, 0.2) is 176 Å². The molecule has 1 heterocycles. The van der Waals surface area contributed by atoms with Crippen LogP contribution in [0, 0.1) is 0 Å². The molecule has 1 aliphatic carbocycles. The van der Waals surface area contributed by atoms with E-state index in [1.165, 1.54) is 59.6 Å². The van der Waals surface area contributed by atoms with E-state index in [0.29, 0.717) is 0 Å². The van der Waals surface area contributed by atoms with Gasteiger partial charge in [-0.05, 0) is 92.0 Å². The summed E-state index contributed by atoms with van der Waals surface area (Å²) in [6.07, 6.45) is 0. The largest absolute Gasteiger partial charge is 0.356 e. The van der Waals surface area contributed by atoms with E-state index in [4.69, 9.17) is 4.98 Å². The third-order valence-electron chi connectivity index (χ3n) is 10.1. The lowest BCUT2D eigenvalue weighted by Gasteiger charge is -2.34. The van der Waals surface area contributed by atoms with Gasteiger partial charge in [0, 0.05) is 22.3 Å². The fraction of sp³-hybridized carbons (Fsp3) is 0.0217. The third-order valence-corrected chi connectivity index (χ3v) is 11.3. The van der Waals surface area contributed by atoms with Gasteiger partial charge in [0.15, 0.2) is 0 Å². The van der Waals surface area contributed by atoms with Gasteiger partial charge in [0.25, 0.3) is 0 Å². The van der Waals surface area contributed by atoms with Crippen LogP contribution in [0.4, 0.5) is 11.4 Å². The van der Waals surface area contributed by atoms with E-state index in [2.05, 4.69) is 181 Å². The van der Waals surface area contributed by atoms with Crippen LogP contribution in [0.2, 0.25) is 0 Å². The van der Waals surface area contributed by atoms with Gasteiger partial charge >= 0.3 is 0 Å². The van der Waals surface area contributed by atoms with E-state index in [0.717, 1.165) is 27.5 Å². The van der Waals surface area contributed by atoms with Crippen LogP contribution in [-0.4, -0.2) is 4.98 Å². The predicted octanol–water partition coefficient (Wildman–Crippen LogP) is 12.4. The average Bonchev–Trinajstić information content (AvgIpc) is 3.74. The molecule has 0 atom stereocenters. The summed E-state index contributed by atoms with van der Waals surface area (Å²) in [7, 11) is 0. The van der Waals surface area contributed by atoms with Gasteiger partial charge in [0.2, 0.25) is 0 Å². The number of anilines is 2. The zero-order valence-corrected chi connectivity index (χ0v) is 27.4. The molecule has 0 amide bonds. The number of hydrogen-bond acceptors (Lipinski definition) is 3. The van der Waals surface area contributed by atoms with Crippen LogP contribution in [0.5, 0.6) is 0 Å². The second-order valence-corrected chi connectivity index (χ2v) is 13.8. The number of aromatic nitrogens is 1. The fourth-order valence-electron chi connectivity index (χ4n) is 8.00. The predicted molar refractivity (Wildman–Crippen MR) is 207 cm³/mol. The highest BCUT2D eigenvalue weighted by molar-refractivity contribution is 7.22. The summed E-state index contributed by atoms with van der Waals surface area (Å²) in [5.41, 5.74) is 11.6. The molecule has 0 spiro atoms. The van der Waals surface area contributed by atoms with Crippen LogP contribution in [0.3, 0.4) is 0 Å². The average molecular weight is 643 g/mol. The molecule has 1 N–H and O–H groups in total.